The van der Waals surface area contributed by atoms with Crippen LogP contribution in [-0.2, 0) is 13.0 Å². The lowest BCUT2D eigenvalue weighted by Crippen LogP contribution is -2.38. The van der Waals surface area contributed by atoms with Gasteiger partial charge in [-0.05, 0) is 42.3 Å². The van der Waals surface area contributed by atoms with Crippen molar-refractivity contribution in [3.63, 3.8) is 0 Å². The summed E-state index contributed by atoms with van der Waals surface area (Å²) in [4.78, 5) is 4.15. The third-order valence-electron chi connectivity index (χ3n) is 4.26. The molecule has 1 aromatic heterocycles. The molecule has 3 aromatic rings. The Balaban J connectivity index is 1.47. The molecule has 0 aliphatic carbocycles. The SMILES string of the molecule is CN=C(NCCc1ccc(-n2cccn2)cc1)NCc1ccc(C#N)cc1F. The van der Waals surface area contributed by atoms with Gasteiger partial charge in [0.15, 0.2) is 5.96 Å². The van der Waals surface area contributed by atoms with Crippen molar-refractivity contribution >= 4 is 5.96 Å². The number of guanidine groups is 1. The van der Waals surface area contributed by atoms with Crippen LogP contribution in [0.1, 0.15) is 16.7 Å². The molecule has 0 aliphatic heterocycles. The largest absolute Gasteiger partial charge is 0.356 e. The second kappa shape index (κ2) is 9.33. The van der Waals surface area contributed by atoms with E-state index in [-0.39, 0.29) is 6.54 Å². The van der Waals surface area contributed by atoms with Crippen LogP contribution < -0.4 is 10.6 Å². The summed E-state index contributed by atoms with van der Waals surface area (Å²) in [5.41, 5.74) is 3.00. The normalized spacial score (nSPS) is 11.1. The molecule has 0 spiro atoms. The number of aromatic nitrogens is 2. The molecule has 0 fully saturated rings. The average molecular weight is 376 g/mol. The van der Waals surface area contributed by atoms with E-state index in [2.05, 4.69) is 32.9 Å². The Morgan fingerprint density at radius 1 is 1.21 bits per heavy atom. The molecule has 142 valence electrons. The molecule has 0 unspecified atom stereocenters. The van der Waals surface area contributed by atoms with Crippen molar-refractivity contribution in [2.75, 3.05) is 13.6 Å². The Morgan fingerprint density at radius 3 is 2.68 bits per heavy atom. The van der Waals surface area contributed by atoms with E-state index in [1.54, 1.807) is 25.4 Å². The Kier molecular flexibility index (Phi) is 6.37. The summed E-state index contributed by atoms with van der Waals surface area (Å²) in [6.45, 7) is 0.979. The van der Waals surface area contributed by atoms with Crippen molar-refractivity contribution < 1.29 is 4.39 Å². The van der Waals surface area contributed by atoms with Crippen LogP contribution in [0.4, 0.5) is 4.39 Å². The number of hydrogen-bond donors (Lipinski definition) is 2. The molecule has 6 nitrogen and oxygen atoms in total. The molecular formula is C21H21FN6. The molecule has 0 saturated heterocycles. The van der Waals surface area contributed by atoms with Gasteiger partial charge in [-0.15, -0.1) is 0 Å². The van der Waals surface area contributed by atoms with Crippen LogP contribution in [0.15, 0.2) is 65.9 Å². The minimum atomic E-state index is -0.403. The number of nitriles is 1. The van der Waals surface area contributed by atoms with Gasteiger partial charge < -0.3 is 10.6 Å². The van der Waals surface area contributed by atoms with Gasteiger partial charge in [0.1, 0.15) is 5.82 Å². The number of nitrogens with zero attached hydrogens (tertiary/aromatic N) is 4. The third-order valence-corrected chi connectivity index (χ3v) is 4.26. The molecule has 1 heterocycles. The Labute approximate surface area is 163 Å². The highest BCUT2D eigenvalue weighted by Gasteiger charge is 2.05. The van der Waals surface area contributed by atoms with Crippen molar-refractivity contribution in [1.29, 1.82) is 5.26 Å². The average Bonchev–Trinajstić information content (AvgIpc) is 3.26. The smallest absolute Gasteiger partial charge is 0.191 e. The van der Waals surface area contributed by atoms with E-state index in [0.29, 0.717) is 23.6 Å². The first-order valence-corrected chi connectivity index (χ1v) is 8.91. The number of nitrogens with one attached hydrogen (secondary N) is 2. The summed E-state index contributed by atoms with van der Waals surface area (Å²) in [5, 5.41) is 19.3. The van der Waals surface area contributed by atoms with E-state index in [0.717, 1.165) is 12.1 Å². The highest BCUT2D eigenvalue weighted by molar-refractivity contribution is 5.79. The van der Waals surface area contributed by atoms with Gasteiger partial charge in [-0.25, -0.2) is 9.07 Å². The van der Waals surface area contributed by atoms with Crippen LogP contribution in [-0.4, -0.2) is 29.3 Å². The number of rotatable bonds is 6. The fraction of sp³-hybridized carbons (Fsp3) is 0.190. The van der Waals surface area contributed by atoms with Gasteiger partial charge in [-0.2, -0.15) is 10.4 Å². The van der Waals surface area contributed by atoms with Gasteiger partial charge >= 0.3 is 0 Å². The number of halogens is 1. The first kappa shape index (κ1) is 19.1. The molecule has 28 heavy (non-hydrogen) atoms. The molecule has 0 saturated carbocycles. The Hall–Kier alpha value is -3.66. The van der Waals surface area contributed by atoms with Crippen LogP contribution in [0.3, 0.4) is 0 Å². The fourth-order valence-electron chi connectivity index (χ4n) is 2.72. The van der Waals surface area contributed by atoms with Crippen molar-refractivity contribution in [3.8, 4) is 11.8 Å². The van der Waals surface area contributed by atoms with Gasteiger partial charge in [-0.1, -0.05) is 18.2 Å². The zero-order chi connectivity index (χ0) is 19.8. The first-order chi connectivity index (χ1) is 13.7. The highest BCUT2D eigenvalue weighted by Crippen LogP contribution is 2.10. The molecule has 0 atom stereocenters. The van der Waals surface area contributed by atoms with E-state index in [1.807, 2.05) is 35.1 Å². The summed E-state index contributed by atoms with van der Waals surface area (Å²) in [7, 11) is 1.67. The second-order valence-corrected chi connectivity index (χ2v) is 6.14. The standard InChI is InChI=1S/C21H21FN6/c1-24-21(26-15-18-6-3-17(14-23)13-20(18)22)25-11-9-16-4-7-19(8-5-16)28-12-2-10-27-28/h2-8,10,12-13H,9,11,15H2,1H3,(H2,24,25,26). The van der Waals surface area contributed by atoms with Crippen molar-refractivity contribution in [1.82, 2.24) is 20.4 Å². The Bertz CT molecular complexity index is 971. The third kappa shape index (κ3) is 4.95. The topological polar surface area (TPSA) is 78.0 Å². The van der Waals surface area contributed by atoms with Crippen LogP contribution in [0.2, 0.25) is 0 Å². The molecule has 3 rings (SSSR count). The lowest BCUT2D eigenvalue weighted by Gasteiger charge is -2.12. The van der Waals surface area contributed by atoms with Gasteiger partial charge in [0.05, 0.1) is 17.3 Å². The first-order valence-electron chi connectivity index (χ1n) is 8.91. The number of hydrogen-bond acceptors (Lipinski definition) is 3. The summed E-state index contributed by atoms with van der Waals surface area (Å²) < 4.78 is 15.8. The minimum Gasteiger partial charge on any atom is -0.356 e. The van der Waals surface area contributed by atoms with E-state index in [9.17, 15) is 4.39 Å². The van der Waals surface area contributed by atoms with Crippen molar-refractivity contribution in [2.45, 2.75) is 13.0 Å². The van der Waals surface area contributed by atoms with Crippen LogP contribution in [0.5, 0.6) is 0 Å². The highest BCUT2D eigenvalue weighted by atomic mass is 19.1. The van der Waals surface area contributed by atoms with Gasteiger partial charge in [0.2, 0.25) is 0 Å². The molecule has 2 aromatic carbocycles. The van der Waals surface area contributed by atoms with Crippen molar-refractivity contribution in [2.24, 2.45) is 4.99 Å². The van der Waals surface area contributed by atoms with Gasteiger partial charge in [0, 0.05) is 38.1 Å². The van der Waals surface area contributed by atoms with Crippen LogP contribution >= 0.6 is 0 Å². The molecule has 7 heteroatoms. The monoisotopic (exact) mass is 376 g/mol. The van der Waals surface area contributed by atoms with Gasteiger partial charge in [-0.3, -0.25) is 4.99 Å². The van der Waals surface area contributed by atoms with E-state index in [1.165, 1.54) is 11.6 Å². The lowest BCUT2D eigenvalue weighted by atomic mass is 10.1. The van der Waals surface area contributed by atoms with Crippen LogP contribution in [0, 0.1) is 17.1 Å². The molecule has 0 amide bonds. The molecular weight excluding hydrogens is 355 g/mol. The maximum absolute atomic E-state index is 13.9. The van der Waals surface area contributed by atoms with Crippen molar-refractivity contribution in [3.05, 3.63) is 83.4 Å². The van der Waals surface area contributed by atoms with E-state index >= 15 is 0 Å². The summed E-state index contributed by atoms with van der Waals surface area (Å²) in [6, 6.07) is 16.5. The van der Waals surface area contributed by atoms with E-state index < -0.39 is 5.82 Å². The minimum absolute atomic E-state index is 0.287. The predicted molar refractivity (Wildman–Crippen MR) is 107 cm³/mol. The zero-order valence-electron chi connectivity index (χ0n) is 15.6. The fourth-order valence-corrected chi connectivity index (χ4v) is 2.72. The zero-order valence-corrected chi connectivity index (χ0v) is 15.6. The molecule has 0 radical (unpaired) electrons. The molecule has 0 bridgehead atoms. The van der Waals surface area contributed by atoms with Gasteiger partial charge in [0.25, 0.3) is 0 Å². The number of benzene rings is 2. The summed E-state index contributed by atoms with van der Waals surface area (Å²) >= 11 is 0. The Morgan fingerprint density at radius 2 is 2.04 bits per heavy atom. The van der Waals surface area contributed by atoms with Crippen LogP contribution in [0.25, 0.3) is 5.69 Å². The quantitative estimate of drug-likeness (QED) is 0.512. The lowest BCUT2D eigenvalue weighted by molar-refractivity contribution is 0.604. The number of aliphatic imine (C=N–C) groups is 1. The second-order valence-electron chi connectivity index (χ2n) is 6.14. The molecule has 0 aliphatic rings. The predicted octanol–water partition coefficient (Wildman–Crippen LogP) is 2.79. The maximum atomic E-state index is 13.9. The summed E-state index contributed by atoms with van der Waals surface area (Å²) in [5.74, 6) is 0.191. The molecule has 2 N–H and O–H groups in total. The summed E-state index contributed by atoms with van der Waals surface area (Å²) in [6.07, 6.45) is 4.48. The maximum Gasteiger partial charge on any atom is 0.191 e. The van der Waals surface area contributed by atoms with E-state index in [4.69, 9.17) is 5.26 Å².